The van der Waals surface area contributed by atoms with Crippen LogP contribution in [-0.4, -0.2) is 22.1 Å². The number of hydrogen-bond donors (Lipinski definition) is 2. The van der Waals surface area contributed by atoms with Gasteiger partial charge in [-0.15, -0.1) is 10.2 Å². The third kappa shape index (κ3) is 5.00. The molecule has 2 N–H and O–H groups in total. The molecule has 1 amide bonds. The van der Waals surface area contributed by atoms with Crippen molar-refractivity contribution >= 4 is 51.4 Å². The van der Waals surface area contributed by atoms with Crippen LogP contribution >= 0.6 is 34.7 Å². The number of halogens is 1. The minimum Gasteiger partial charge on any atom is -0.352 e. The Morgan fingerprint density at radius 2 is 1.96 bits per heavy atom. The summed E-state index contributed by atoms with van der Waals surface area (Å²) in [6.45, 7) is 0. The lowest BCUT2D eigenvalue weighted by Gasteiger charge is -2.15. The van der Waals surface area contributed by atoms with Gasteiger partial charge in [0.15, 0.2) is 4.34 Å². The number of thioether (sulfide) groups is 1. The summed E-state index contributed by atoms with van der Waals surface area (Å²) in [5.41, 5.74) is 1.81. The summed E-state index contributed by atoms with van der Waals surface area (Å²) in [5, 5.41) is 15.7. The van der Waals surface area contributed by atoms with Crippen molar-refractivity contribution in [1.82, 2.24) is 15.5 Å². The van der Waals surface area contributed by atoms with Gasteiger partial charge >= 0.3 is 0 Å². The summed E-state index contributed by atoms with van der Waals surface area (Å²) >= 11 is 8.85. The number of aromatic nitrogens is 2. The molecule has 2 aromatic carbocycles. The van der Waals surface area contributed by atoms with Crippen LogP contribution in [0, 0.1) is 0 Å². The van der Waals surface area contributed by atoms with Gasteiger partial charge in [-0.25, -0.2) is 0 Å². The first-order chi connectivity index (χ1) is 13.2. The lowest BCUT2D eigenvalue weighted by atomic mass is 10.1. The van der Waals surface area contributed by atoms with Crippen LogP contribution in [0.4, 0.5) is 10.8 Å². The monoisotopic (exact) mass is 416 g/mol. The van der Waals surface area contributed by atoms with Crippen LogP contribution in [0.15, 0.2) is 58.9 Å². The largest absolute Gasteiger partial charge is 0.352 e. The molecule has 5 nitrogen and oxygen atoms in total. The summed E-state index contributed by atoms with van der Waals surface area (Å²) in [7, 11) is 0. The molecule has 0 saturated heterocycles. The third-order valence-corrected chi connectivity index (χ3v) is 6.38. The molecule has 1 fully saturated rings. The maximum Gasteiger partial charge on any atom is 0.238 e. The highest BCUT2D eigenvalue weighted by Gasteiger charge is 2.29. The number of hydrogen-bond acceptors (Lipinski definition) is 6. The van der Waals surface area contributed by atoms with Crippen molar-refractivity contribution in [2.75, 3.05) is 5.32 Å². The highest BCUT2D eigenvalue weighted by Crippen LogP contribution is 2.39. The molecule has 0 unspecified atom stereocenters. The SMILES string of the molecule is O=C(NC1CC1)[C@@H](Sc1nnc(Nc2cccc(Cl)c2)s1)c1ccccc1. The normalized spacial score (nSPS) is 14.6. The lowest BCUT2D eigenvalue weighted by molar-refractivity contribution is -0.120. The predicted molar refractivity (Wildman–Crippen MR) is 111 cm³/mol. The second kappa shape index (κ2) is 8.29. The van der Waals surface area contributed by atoms with Crippen LogP contribution in [-0.2, 0) is 4.79 Å². The number of nitrogens with zero attached hydrogens (tertiary/aromatic N) is 2. The van der Waals surface area contributed by atoms with Gasteiger partial charge < -0.3 is 10.6 Å². The molecular formula is C19H17ClN4OS2. The molecule has 0 aliphatic heterocycles. The summed E-state index contributed by atoms with van der Waals surface area (Å²) in [4.78, 5) is 12.7. The van der Waals surface area contributed by atoms with E-state index in [9.17, 15) is 4.79 Å². The number of carbonyl (C=O) groups excluding carboxylic acids is 1. The maximum atomic E-state index is 12.7. The van der Waals surface area contributed by atoms with Gasteiger partial charge in [0.25, 0.3) is 0 Å². The van der Waals surface area contributed by atoms with Crippen molar-refractivity contribution in [3.05, 3.63) is 65.2 Å². The molecule has 1 aliphatic rings. The van der Waals surface area contributed by atoms with E-state index >= 15 is 0 Å². The molecule has 8 heteroatoms. The van der Waals surface area contributed by atoms with Crippen LogP contribution in [0.25, 0.3) is 0 Å². The van der Waals surface area contributed by atoms with E-state index in [1.54, 1.807) is 0 Å². The second-order valence-corrected chi connectivity index (χ2v) is 8.97. The molecule has 1 atom stereocenters. The molecule has 1 saturated carbocycles. The van der Waals surface area contributed by atoms with E-state index in [1.165, 1.54) is 23.1 Å². The number of benzene rings is 2. The number of carbonyl (C=O) groups is 1. The fraction of sp³-hybridized carbons (Fsp3) is 0.211. The topological polar surface area (TPSA) is 66.9 Å². The minimum atomic E-state index is -0.348. The first-order valence-corrected chi connectivity index (χ1v) is 10.6. The first-order valence-electron chi connectivity index (χ1n) is 8.55. The summed E-state index contributed by atoms with van der Waals surface area (Å²) < 4.78 is 0.735. The van der Waals surface area contributed by atoms with Crippen molar-refractivity contribution in [2.24, 2.45) is 0 Å². The molecule has 27 heavy (non-hydrogen) atoms. The molecule has 3 aromatic rings. The Bertz CT molecular complexity index is 930. The summed E-state index contributed by atoms with van der Waals surface area (Å²) in [6, 6.07) is 17.5. The zero-order chi connectivity index (χ0) is 18.6. The Morgan fingerprint density at radius 3 is 2.70 bits per heavy atom. The molecule has 0 bridgehead atoms. The van der Waals surface area contributed by atoms with E-state index in [0.29, 0.717) is 16.2 Å². The van der Waals surface area contributed by atoms with Gasteiger partial charge in [0.2, 0.25) is 11.0 Å². The van der Waals surface area contributed by atoms with Crippen LogP contribution in [0.3, 0.4) is 0 Å². The molecule has 1 aliphatic carbocycles. The summed E-state index contributed by atoms with van der Waals surface area (Å²) in [6.07, 6.45) is 2.12. The van der Waals surface area contributed by atoms with E-state index < -0.39 is 0 Å². The van der Waals surface area contributed by atoms with Gasteiger partial charge in [0, 0.05) is 16.8 Å². The van der Waals surface area contributed by atoms with E-state index in [2.05, 4.69) is 20.8 Å². The first kappa shape index (κ1) is 18.3. The van der Waals surface area contributed by atoms with E-state index in [4.69, 9.17) is 11.6 Å². The molecule has 0 radical (unpaired) electrons. The fourth-order valence-electron chi connectivity index (χ4n) is 2.50. The maximum absolute atomic E-state index is 12.7. The molecule has 1 aromatic heterocycles. The highest BCUT2D eigenvalue weighted by atomic mass is 35.5. The Balaban J connectivity index is 1.49. The van der Waals surface area contributed by atoms with Crippen molar-refractivity contribution in [1.29, 1.82) is 0 Å². The van der Waals surface area contributed by atoms with Gasteiger partial charge in [0.1, 0.15) is 5.25 Å². The Hall–Kier alpha value is -2.09. The quantitative estimate of drug-likeness (QED) is 0.527. The van der Waals surface area contributed by atoms with Gasteiger partial charge in [-0.3, -0.25) is 4.79 Å². The molecule has 1 heterocycles. The van der Waals surface area contributed by atoms with Crippen molar-refractivity contribution in [3.63, 3.8) is 0 Å². The Kier molecular flexibility index (Phi) is 5.61. The van der Waals surface area contributed by atoms with Crippen LogP contribution in [0.1, 0.15) is 23.7 Å². The average Bonchev–Trinajstić information content (AvgIpc) is 3.37. The number of rotatable bonds is 7. The minimum absolute atomic E-state index is 0.0215. The predicted octanol–water partition coefficient (Wildman–Crippen LogP) is 5.05. The standard InChI is InChI=1S/C19H17ClN4OS2/c20-13-7-4-8-15(11-13)22-18-23-24-19(27-18)26-16(12-5-2-1-3-6-12)17(25)21-14-9-10-14/h1-8,11,14,16H,9-10H2,(H,21,25)(H,22,23)/t16-/m0/s1. The zero-order valence-electron chi connectivity index (χ0n) is 14.3. The fourth-order valence-corrected chi connectivity index (χ4v) is 4.67. The van der Waals surface area contributed by atoms with Gasteiger partial charge in [-0.2, -0.15) is 0 Å². The highest BCUT2D eigenvalue weighted by molar-refractivity contribution is 8.01. The van der Waals surface area contributed by atoms with Crippen LogP contribution < -0.4 is 10.6 Å². The number of amides is 1. The average molecular weight is 417 g/mol. The number of nitrogens with one attached hydrogen (secondary N) is 2. The van der Waals surface area contributed by atoms with Gasteiger partial charge in [-0.05, 0) is 36.6 Å². The van der Waals surface area contributed by atoms with Crippen molar-refractivity contribution in [3.8, 4) is 0 Å². The van der Waals surface area contributed by atoms with Crippen molar-refractivity contribution in [2.45, 2.75) is 28.5 Å². The van der Waals surface area contributed by atoms with Gasteiger partial charge in [0.05, 0.1) is 0 Å². The van der Waals surface area contributed by atoms with E-state index in [0.717, 1.165) is 28.4 Å². The molecule has 0 spiro atoms. The smallest absolute Gasteiger partial charge is 0.238 e. The Morgan fingerprint density at radius 1 is 1.15 bits per heavy atom. The third-order valence-electron chi connectivity index (χ3n) is 3.97. The van der Waals surface area contributed by atoms with Crippen LogP contribution in [0.5, 0.6) is 0 Å². The molecule has 138 valence electrons. The van der Waals surface area contributed by atoms with E-state index in [-0.39, 0.29) is 11.2 Å². The Labute approximate surface area is 170 Å². The van der Waals surface area contributed by atoms with Gasteiger partial charge in [-0.1, -0.05) is 71.1 Å². The van der Waals surface area contributed by atoms with Crippen LogP contribution in [0.2, 0.25) is 5.02 Å². The lowest BCUT2D eigenvalue weighted by Crippen LogP contribution is -2.29. The molecular weight excluding hydrogens is 400 g/mol. The second-order valence-electron chi connectivity index (χ2n) is 6.20. The molecule has 4 rings (SSSR count). The van der Waals surface area contributed by atoms with E-state index in [1.807, 2.05) is 54.6 Å². The zero-order valence-corrected chi connectivity index (χ0v) is 16.7. The summed E-state index contributed by atoms with van der Waals surface area (Å²) in [5.74, 6) is 0.0215. The number of anilines is 2. The van der Waals surface area contributed by atoms with Crippen molar-refractivity contribution < 1.29 is 4.79 Å².